The highest BCUT2D eigenvalue weighted by Crippen LogP contribution is 2.70. The van der Waals surface area contributed by atoms with Crippen LogP contribution in [0.2, 0.25) is 0 Å². The van der Waals surface area contributed by atoms with Crippen molar-refractivity contribution in [3.8, 4) is 17.2 Å². The normalized spacial score (nSPS) is 27.4. The Hall–Kier alpha value is -3.03. The number of hydrogen-bond acceptors (Lipinski definition) is 6. The van der Waals surface area contributed by atoms with Gasteiger partial charge in [-0.25, -0.2) is 0 Å². The predicted molar refractivity (Wildman–Crippen MR) is 124 cm³/mol. The van der Waals surface area contributed by atoms with Gasteiger partial charge in [0.25, 0.3) is 0 Å². The lowest BCUT2D eigenvalue weighted by Gasteiger charge is -2.40. The summed E-state index contributed by atoms with van der Waals surface area (Å²) < 4.78 is 18.2. The van der Waals surface area contributed by atoms with E-state index in [-0.39, 0.29) is 17.9 Å². The summed E-state index contributed by atoms with van der Waals surface area (Å²) in [5.74, 6) is -1.29. The van der Waals surface area contributed by atoms with E-state index in [0.717, 1.165) is 10.0 Å². The molecule has 1 aliphatic heterocycles. The second-order valence-electron chi connectivity index (χ2n) is 8.42. The van der Waals surface area contributed by atoms with Crippen molar-refractivity contribution in [1.82, 2.24) is 0 Å². The van der Waals surface area contributed by atoms with Crippen LogP contribution < -0.4 is 9.47 Å². The lowest BCUT2D eigenvalue weighted by atomic mass is 9.71. The number of phenols is 1. The summed E-state index contributed by atoms with van der Waals surface area (Å²) >= 11 is 3.47. The molecule has 170 valence electrons. The van der Waals surface area contributed by atoms with Crippen molar-refractivity contribution in [2.24, 2.45) is 5.92 Å². The minimum atomic E-state index is -1.68. The molecule has 3 aromatic carbocycles. The molecule has 3 aromatic rings. The van der Waals surface area contributed by atoms with E-state index in [9.17, 15) is 15.0 Å². The van der Waals surface area contributed by atoms with Gasteiger partial charge >= 0.3 is 5.97 Å². The number of phenolic OH excluding ortho intramolecular Hbond substituents is 1. The zero-order valence-electron chi connectivity index (χ0n) is 18.1. The van der Waals surface area contributed by atoms with Crippen LogP contribution in [0.5, 0.6) is 17.2 Å². The van der Waals surface area contributed by atoms with E-state index in [1.54, 1.807) is 6.07 Å². The van der Waals surface area contributed by atoms with Gasteiger partial charge in [0.05, 0.1) is 25.7 Å². The van der Waals surface area contributed by atoms with E-state index in [1.807, 2.05) is 54.6 Å². The minimum absolute atomic E-state index is 0.0299. The number of carbonyl (C=O) groups excluding carboxylic acids is 1. The lowest BCUT2D eigenvalue weighted by Crippen LogP contribution is -2.48. The molecule has 0 aromatic heterocycles. The average Bonchev–Trinajstić information content (AvgIpc) is 3.24. The summed E-state index contributed by atoms with van der Waals surface area (Å²) in [4.78, 5) is 13.1. The van der Waals surface area contributed by atoms with Gasteiger partial charge in [0.1, 0.15) is 11.4 Å². The SMILES string of the molecule is COC(=O)C1CC2(O)c3c(ccc(O)c3OC)OC2(c2ccc(Br)cc2)C1c1ccccc1. The van der Waals surface area contributed by atoms with Crippen LogP contribution in [0.25, 0.3) is 0 Å². The number of methoxy groups -OCH3 is 2. The highest BCUT2D eigenvalue weighted by atomic mass is 79.9. The molecule has 33 heavy (non-hydrogen) atoms. The molecule has 2 N–H and O–H groups in total. The Morgan fingerprint density at radius 2 is 1.76 bits per heavy atom. The fourth-order valence-corrected chi connectivity index (χ4v) is 5.91. The van der Waals surface area contributed by atoms with E-state index in [2.05, 4.69) is 15.9 Å². The van der Waals surface area contributed by atoms with Gasteiger partial charge in [-0.3, -0.25) is 4.79 Å². The van der Waals surface area contributed by atoms with Crippen molar-refractivity contribution in [3.05, 3.63) is 87.9 Å². The van der Waals surface area contributed by atoms with E-state index in [0.29, 0.717) is 16.9 Å². The summed E-state index contributed by atoms with van der Waals surface area (Å²) in [6.07, 6.45) is 0.0299. The van der Waals surface area contributed by atoms with Gasteiger partial charge in [0, 0.05) is 10.4 Å². The quantitative estimate of drug-likeness (QED) is 0.498. The number of benzene rings is 3. The van der Waals surface area contributed by atoms with Crippen molar-refractivity contribution in [1.29, 1.82) is 0 Å². The maximum atomic E-state index is 13.1. The molecule has 0 amide bonds. The van der Waals surface area contributed by atoms with Crippen LogP contribution in [0.4, 0.5) is 0 Å². The molecule has 6 nitrogen and oxygen atoms in total. The molecule has 2 aliphatic rings. The highest BCUT2D eigenvalue weighted by molar-refractivity contribution is 9.10. The Morgan fingerprint density at radius 1 is 1.06 bits per heavy atom. The Morgan fingerprint density at radius 3 is 2.39 bits per heavy atom. The summed E-state index contributed by atoms with van der Waals surface area (Å²) in [6.45, 7) is 0. The first kappa shape index (κ1) is 21.8. The number of halogens is 1. The summed E-state index contributed by atoms with van der Waals surface area (Å²) in [5.41, 5.74) is -1.18. The molecule has 1 fully saturated rings. The van der Waals surface area contributed by atoms with Gasteiger partial charge in [-0.1, -0.05) is 58.4 Å². The van der Waals surface area contributed by atoms with Crippen molar-refractivity contribution >= 4 is 21.9 Å². The van der Waals surface area contributed by atoms with Crippen molar-refractivity contribution in [3.63, 3.8) is 0 Å². The number of fused-ring (bicyclic) bond motifs is 3. The van der Waals surface area contributed by atoms with Crippen LogP contribution in [-0.4, -0.2) is 30.4 Å². The first-order valence-corrected chi connectivity index (χ1v) is 11.4. The monoisotopic (exact) mass is 510 g/mol. The molecule has 1 heterocycles. The minimum Gasteiger partial charge on any atom is -0.504 e. The molecule has 0 saturated heterocycles. The molecule has 1 saturated carbocycles. The van der Waals surface area contributed by atoms with E-state index < -0.39 is 29.0 Å². The zero-order valence-corrected chi connectivity index (χ0v) is 19.7. The second kappa shape index (κ2) is 7.78. The first-order chi connectivity index (χ1) is 15.9. The van der Waals surface area contributed by atoms with E-state index in [1.165, 1.54) is 20.3 Å². The third-order valence-electron chi connectivity index (χ3n) is 6.89. The Labute approximate surface area is 199 Å². The molecular weight excluding hydrogens is 488 g/mol. The molecule has 1 aliphatic carbocycles. The molecule has 4 unspecified atom stereocenters. The van der Waals surface area contributed by atoms with Crippen LogP contribution in [0.3, 0.4) is 0 Å². The second-order valence-corrected chi connectivity index (χ2v) is 9.33. The van der Waals surface area contributed by atoms with Crippen LogP contribution in [0.1, 0.15) is 29.0 Å². The van der Waals surface area contributed by atoms with Gasteiger partial charge in [0.15, 0.2) is 17.1 Å². The largest absolute Gasteiger partial charge is 0.504 e. The molecule has 0 bridgehead atoms. The Kier molecular flexibility index (Phi) is 5.14. The third kappa shape index (κ3) is 2.92. The number of aromatic hydroxyl groups is 1. The van der Waals surface area contributed by atoms with Crippen LogP contribution in [-0.2, 0) is 20.7 Å². The molecule has 0 radical (unpaired) electrons. The number of hydrogen-bond donors (Lipinski definition) is 2. The number of carbonyl (C=O) groups is 1. The van der Waals surface area contributed by atoms with Gasteiger partial charge < -0.3 is 24.4 Å². The van der Waals surface area contributed by atoms with Crippen molar-refractivity contribution in [2.75, 3.05) is 14.2 Å². The van der Waals surface area contributed by atoms with E-state index in [4.69, 9.17) is 14.2 Å². The summed E-state index contributed by atoms with van der Waals surface area (Å²) in [6, 6.07) is 20.1. The first-order valence-electron chi connectivity index (χ1n) is 10.6. The maximum Gasteiger partial charge on any atom is 0.309 e. The number of rotatable bonds is 4. The third-order valence-corrected chi connectivity index (χ3v) is 7.42. The molecule has 7 heteroatoms. The summed E-state index contributed by atoms with van der Waals surface area (Å²) in [5, 5.41) is 23.0. The fourth-order valence-electron chi connectivity index (χ4n) is 5.65. The maximum absolute atomic E-state index is 13.1. The van der Waals surface area contributed by atoms with Crippen LogP contribution in [0.15, 0.2) is 71.2 Å². The Balaban J connectivity index is 1.86. The van der Waals surface area contributed by atoms with Crippen molar-refractivity contribution in [2.45, 2.75) is 23.5 Å². The standard InChI is InChI=1S/C26H23BrO6/c1-31-23-19(28)12-13-20-22(23)25(30)14-18(24(29)32-2)21(15-6-4-3-5-7-15)26(25,33-20)16-8-10-17(27)11-9-16/h3-13,18,21,28,30H,14H2,1-2H3. The Bertz CT molecular complexity index is 1210. The predicted octanol–water partition coefficient (Wildman–Crippen LogP) is 4.62. The number of aliphatic hydroxyl groups is 1. The molecule has 5 rings (SSSR count). The fraction of sp³-hybridized carbons (Fsp3) is 0.269. The lowest BCUT2D eigenvalue weighted by molar-refractivity contribution is -0.146. The van der Waals surface area contributed by atoms with Gasteiger partial charge in [0.2, 0.25) is 0 Å². The van der Waals surface area contributed by atoms with E-state index >= 15 is 0 Å². The van der Waals surface area contributed by atoms with Crippen molar-refractivity contribution < 1.29 is 29.2 Å². The molecule has 4 atom stereocenters. The highest BCUT2D eigenvalue weighted by Gasteiger charge is 2.73. The molecule has 0 spiro atoms. The van der Waals surface area contributed by atoms with Gasteiger partial charge in [-0.15, -0.1) is 0 Å². The summed E-state index contributed by atoms with van der Waals surface area (Å²) in [7, 11) is 2.77. The average molecular weight is 511 g/mol. The molecular formula is C26H23BrO6. The number of ether oxygens (including phenoxy) is 3. The zero-order chi connectivity index (χ0) is 23.4. The topological polar surface area (TPSA) is 85.2 Å². The number of esters is 1. The van der Waals surface area contributed by atoms with Gasteiger partial charge in [-0.05, 0) is 41.8 Å². The van der Waals surface area contributed by atoms with Crippen LogP contribution in [0, 0.1) is 5.92 Å². The van der Waals surface area contributed by atoms with Crippen LogP contribution >= 0.6 is 15.9 Å². The smallest absolute Gasteiger partial charge is 0.309 e. The van der Waals surface area contributed by atoms with Gasteiger partial charge in [-0.2, -0.15) is 0 Å².